The number of carbonyl (C=O) groups is 1. The van der Waals surface area contributed by atoms with E-state index in [1.54, 1.807) is 12.3 Å². The van der Waals surface area contributed by atoms with Crippen LogP contribution in [0.2, 0.25) is 0 Å². The summed E-state index contributed by atoms with van der Waals surface area (Å²) in [7, 11) is 0. The second-order valence-electron chi connectivity index (χ2n) is 6.65. The molecule has 3 rings (SSSR count). The van der Waals surface area contributed by atoms with Crippen molar-refractivity contribution < 1.29 is 4.79 Å². The van der Waals surface area contributed by atoms with Gasteiger partial charge >= 0.3 is 0 Å². The predicted octanol–water partition coefficient (Wildman–Crippen LogP) is 2.62. The molecule has 23 heavy (non-hydrogen) atoms. The number of nitrogens with zero attached hydrogens (tertiary/aromatic N) is 3. The van der Waals surface area contributed by atoms with E-state index >= 15 is 0 Å². The molecule has 2 fully saturated rings. The number of aromatic nitrogens is 1. The first kappa shape index (κ1) is 15.8. The maximum Gasteiger partial charge on any atom is 0.225 e. The van der Waals surface area contributed by atoms with Crippen molar-refractivity contribution in [2.75, 3.05) is 18.0 Å². The Balaban J connectivity index is 1.58. The number of piperidine rings is 1. The first-order valence-electron chi connectivity index (χ1n) is 8.68. The summed E-state index contributed by atoms with van der Waals surface area (Å²) < 4.78 is 0. The normalized spacial score (nSPS) is 22.4. The average molecular weight is 312 g/mol. The third-order valence-corrected chi connectivity index (χ3v) is 4.94. The van der Waals surface area contributed by atoms with Gasteiger partial charge in [-0.1, -0.05) is 19.3 Å². The summed E-state index contributed by atoms with van der Waals surface area (Å²) in [6.45, 7) is 1.64. The Bertz CT molecular complexity index is 572. The van der Waals surface area contributed by atoms with Crippen molar-refractivity contribution in [2.24, 2.45) is 5.92 Å². The fourth-order valence-electron chi connectivity index (χ4n) is 3.60. The third kappa shape index (κ3) is 4.01. The number of nitrogens with one attached hydrogen (secondary N) is 1. The van der Waals surface area contributed by atoms with Gasteiger partial charge in [0.15, 0.2) is 0 Å². The van der Waals surface area contributed by atoms with Crippen LogP contribution in [0.15, 0.2) is 18.3 Å². The van der Waals surface area contributed by atoms with Gasteiger partial charge < -0.3 is 10.2 Å². The molecule has 1 amide bonds. The standard InChI is InChI=1S/C18H24N4O/c19-11-14-8-9-17(20-12-14)22-10-4-5-15(13-22)18(23)21-16-6-2-1-3-7-16/h8-9,12,15-16H,1-7,10,13H2,(H,21,23)/t15-/m1/s1. The van der Waals surface area contributed by atoms with Crippen LogP contribution in [0.25, 0.3) is 0 Å². The zero-order valence-electron chi connectivity index (χ0n) is 13.5. The minimum Gasteiger partial charge on any atom is -0.356 e. The largest absolute Gasteiger partial charge is 0.356 e. The highest BCUT2D eigenvalue weighted by Crippen LogP contribution is 2.23. The molecule has 1 aliphatic carbocycles. The van der Waals surface area contributed by atoms with E-state index in [0.29, 0.717) is 11.6 Å². The Morgan fingerprint density at radius 3 is 2.74 bits per heavy atom. The fourth-order valence-corrected chi connectivity index (χ4v) is 3.60. The Morgan fingerprint density at radius 1 is 1.22 bits per heavy atom. The van der Waals surface area contributed by atoms with Gasteiger partial charge in [-0.2, -0.15) is 5.26 Å². The Morgan fingerprint density at radius 2 is 2.04 bits per heavy atom. The molecular weight excluding hydrogens is 288 g/mol. The van der Waals surface area contributed by atoms with E-state index in [4.69, 9.17) is 5.26 Å². The summed E-state index contributed by atoms with van der Waals surface area (Å²) in [5.74, 6) is 1.11. The summed E-state index contributed by atoms with van der Waals surface area (Å²) in [6.07, 6.45) is 9.57. The molecule has 1 saturated heterocycles. The van der Waals surface area contributed by atoms with Crippen LogP contribution in [0.4, 0.5) is 5.82 Å². The van der Waals surface area contributed by atoms with Crippen LogP contribution < -0.4 is 10.2 Å². The molecule has 0 spiro atoms. The van der Waals surface area contributed by atoms with Crippen LogP contribution >= 0.6 is 0 Å². The molecule has 2 aliphatic rings. The van der Waals surface area contributed by atoms with Crippen LogP contribution in [0.1, 0.15) is 50.5 Å². The van der Waals surface area contributed by atoms with Gasteiger partial charge in [0.1, 0.15) is 11.9 Å². The molecular formula is C18H24N4O. The van der Waals surface area contributed by atoms with Crippen LogP contribution in [0.3, 0.4) is 0 Å². The summed E-state index contributed by atoms with van der Waals surface area (Å²) in [6, 6.07) is 6.12. The summed E-state index contributed by atoms with van der Waals surface area (Å²) in [5, 5.41) is 12.1. The molecule has 0 radical (unpaired) electrons. The zero-order chi connectivity index (χ0) is 16.1. The van der Waals surface area contributed by atoms with Gasteiger partial charge in [-0.3, -0.25) is 4.79 Å². The number of amides is 1. The molecule has 5 heteroatoms. The van der Waals surface area contributed by atoms with E-state index in [1.807, 2.05) is 6.07 Å². The molecule has 1 atom stereocenters. The molecule has 1 aromatic heterocycles. The Hall–Kier alpha value is -2.09. The van der Waals surface area contributed by atoms with E-state index < -0.39 is 0 Å². The topological polar surface area (TPSA) is 69.0 Å². The van der Waals surface area contributed by atoms with E-state index in [0.717, 1.165) is 44.6 Å². The number of rotatable bonds is 3. The Labute approximate surface area is 137 Å². The van der Waals surface area contributed by atoms with Crippen molar-refractivity contribution in [3.05, 3.63) is 23.9 Å². The lowest BCUT2D eigenvalue weighted by atomic mass is 9.93. The zero-order valence-corrected chi connectivity index (χ0v) is 13.5. The molecule has 5 nitrogen and oxygen atoms in total. The van der Waals surface area contributed by atoms with Gasteiger partial charge in [0.2, 0.25) is 5.91 Å². The highest BCUT2D eigenvalue weighted by atomic mass is 16.2. The lowest BCUT2D eigenvalue weighted by Crippen LogP contribution is -2.46. The lowest BCUT2D eigenvalue weighted by molar-refractivity contribution is -0.126. The molecule has 0 unspecified atom stereocenters. The molecule has 0 bridgehead atoms. The maximum absolute atomic E-state index is 12.5. The van der Waals surface area contributed by atoms with E-state index in [2.05, 4.69) is 21.3 Å². The third-order valence-electron chi connectivity index (χ3n) is 4.94. The summed E-state index contributed by atoms with van der Waals surface area (Å²) >= 11 is 0. The van der Waals surface area contributed by atoms with Crippen molar-refractivity contribution in [3.8, 4) is 6.07 Å². The monoisotopic (exact) mass is 312 g/mol. The maximum atomic E-state index is 12.5. The lowest BCUT2D eigenvalue weighted by Gasteiger charge is -2.34. The van der Waals surface area contributed by atoms with E-state index in [-0.39, 0.29) is 11.8 Å². The molecule has 1 aromatic rings. The fraction of sp³-hybridized carbons (Fsp3) is 0.611. The smallest absolute Gasteiger partial charge is 0.225 e. The minimum absolute atomic E-state index is 0.0446. The number of hydrogen-bond donors (Lipinski definition) is 1. The number of anilines is 1. The first-order valence-corrected chi connectivity index (χ1v) is 8.68. The van der Waals surface area contributed by atoms with Gasteiger partial charge in [0.25, 0.3) is 0 Å². The van der Waals surface area contributed by atoms with Crippen molar-refractivity contribution in [2.45, 2.75) is 51.0 Å². The minimum atomic E-state index is 0.0446. The molecule has 1 aliphatic heterocycles. The van der Waals surface area contributed by atoms with Crippen molar-refractivity contribution >= 4 is 11.7 Å². The van der Waals surface area contributed by atoms with E-state index in [9.17, 15) is 4.79 Å². The van der Waals surface area contributed by atoms with Crippen molar-refractivity contribution in [1.82, 2.24) is 10.3 Å². The van der Waals surface area contributed by atoms with Crippen LogP contribution in [0, 0.1) is 17.2 Å². The summed E-state index contributed by atoms with van der Waals surface area (Å²) in [5.41, 5.74) is 0.567. The average Bonchev–Trinajstić information content (AvgIpc) is 2.63. The molecule has 2 heterocycles. The van der Waals surface area contributed by atoms with Gasteiger partial charge in [0.05, 0.1) is 11.5 Å². The van der Waals surface area contributed by atoms with Gasteiger partial charge in [-0.15, -0.1) is 0 Å². The number of carbonyl (C=O) groups excluding carboxylic acids is 1. The van der Waals surface area contributed by atoms with Gasteiger partial charge in [-0.05, 0) is 37.8 Å². The van der Waals surface area contributed by atoms with Gasteiger partial charge in [-0.25, -0.2) is 4.98 Å². The van der Waals surface area contributed by atoms with Crippen LogP contribution in [-0.2, 0) is 4.79 Å². The van der Waals surface area contributed by atoms with Gasteiger partial charge in [0, 0.05) is 25.3 Å². The Kier molecular flexibility index (Phi) is 5.12. The summed E-state index contributed by atoms with van der Waals surface area (Å²) in [4.78, 5) is 19.1. The van der Waals surface area contributed by atoms with Crippen molar-refractivity contribution in [1.29, 1.82) is 5.26 Å². The second kappa shape index (κ2) is 7.45. The molecule has 0 aromatic carbocycles. The number of hydrogen-bond acceptors (Lipinski definition) is 4. The highest BCUT2D eigenvalue weighted by molar-refractivity contribution is 5.79. The van der Waals surface area contributed by atoms with Crippen molar-refractivity contribution in [3.63, 3.8) is 0 Å². The predicted molar refractivity (Wildman–Crippen MR) is 88.9 cm³/mol. The highest BCUT2D eigenvalue weighted by Gasteiger charge is 2.28. The van der Waals surface area contributed by atoms with E-state index in [1.165, 1.54) is 19.3 Å². The number of pyridine rings is 1. The first-order chi connectivity index (χ1) is 11.3. The molecule has 122 valence electrons. The SMILES string of the molecule is N#Cc1ccc(N2CCC[C@@H](C(=O)NC3CCCCC3)C2)nc1. The van der Waals surface area contributed by atoms with Crippen LogP contribution in [0.5, 0.6) is 0 Å². The second-order valence-corrected chi connectivity index (χ2v) is 6.65. The number of nitriles is 1. The molecule has 1 N–H and O–H groups in total. The molecule has 1 saturated carbocycles. The quantitative estimate of drug-likeness (QED) is 0.931. The van der Waals surface area contributed by atoms with Crippen LogP contribution in [-0.4, -0.2) is 30.0 Å².